The van der Waals surface area contributed by atoms with Crippen molar-refractivity contribution in [2.24, 2.45) is 0 Å². The molecule has 1 unspecified atom stereocenters. The number of non-ortho nitro benzene ring substituents is 1. The molecule has 3 rings (SSSR count). The fourth-order valence-corrected chi connectivity index (χ4v) is 2.59. The molecule has 0 aliphatic carbocycles. The van der Waals surface area contributed by atoms with Crippen molar-refractivity contribution < 1.29 is 14.5 Å². The molecule has 0 saturated heterocycles. The van der Waals surface area contributed by atoms with E-state index in [1.807, 2.05) is 0 Å². The van der Waals surface area contributed by atoms with Crippen LogP contribution < -0.4 is 10.6 Å². The largest absolute Gasteiger partial charge is 0.327 e. The van der Waals surface area contributed by atoms with E-state index in [-0.39, 0.29) is 17.2 Å². The van der Waals surface area contributed by atoms with Crippen molar-refractivity contribution >= 4 is 17.5 Å². The number of allylic oxidation sites excluding steroid dienone is 1. The third-order valence-corrected chi connectivity index (χ3v) is 3.75. The number of nitrogens with zero attached hydrogens (tertiary/aromatic N) is 3. The molecule has 25 heavy (non-hydrogen) atoms. The number of carbonyl (C=O) groups excluding carboxylic acids is 2. The second-order valence-electron chi connectivity index (χ2n) is 5.34. The van der Waals surface area contributed by atoms with Gasteiger partial charge in [-0.05, 0) is 24.6 Å². The van der Waals surface area contributed by atoms with Crippen LogP contribution in [0.5, 0.6) is 0 Å². The third kappa shape index (κ3) is 3.20. The molecule has 2 aromatic rings. The van der Waals surface area contributed by atoms with Gasteiger partial charge in [0, 0.05) is 35.8 Å². The molecule has 0 spiro atoms. The number of nitro groups is 1. The SMILES string of the molecule is CC1=C(C(=O)c2cnccn2)C(c2ccc([N+](=O)[O-])cc2)NC(=O)N1. The number of hydrogen-bond acceptors (Lipinski definition) is 6. The Hall–Kier alpha value is -3.62. The zero-order valence-electron chi connectivity index (χ0n) is 13.1. The summed E-state index contributed by atoms with van der Waals surface area (Å²) >= 11 is 0. The van der Waals surface area contributed by atoms with Crippen LogP contribution in [-0.4, -0.2) is 26.7 Å². The van der Waals surface area contributed by atoms with Gasteiger partial charge in [0.25, 0.3) is 5.69 Å². The number of amides is 2. The van der Waals surface area contributed by atoms with Crippen LogP contribution in [0.25, 0.3) is 0 Å². The van der Waals surface area contributed by atoms with Crippen LogP contribution in [0.4, 0.5) is 10.5 Å². The summed E-state index contributed by atoms with van der Waals surface area (Å²) < 4.78 is 0. The van der Waals surface area contributed by atoms with Crippen LogP contribution >= 0.6 is 0 Å². The predicted molar refractivity (Wildman–Crippen MR) is 86.6 cm³/mol. The molecule has 1 aliphatic rings. The second-order valence-corrected chi connectivity index (χ2v) is 5.34. The molecular formula is C16H13N5O4. The number of benzene rings is 1. The molecule has 0 radical (unpaired) electrons. The highest BCUT2D eigenvalue weighted by molar-refractivity contribution is 6.09. The van der Waals surface area contributed by atoms with E-state index >= 15 is 0 Å². The predicted octanol–water partition coefficient (Wildman–Crippen LogP) is 1.90. The van der Waals surface area contributed by atoms with Gasteiger partial charge < -0.3 is 10.6 Å². The Balaban J connectivity index is 2.03. The van der Waals surface area contributed by atoms with E-state index < -0.39 is 17.0 Å². The summed E-state index contributed by atoms with van der Waals surface area (Å²) in [5, 5.41) is 16.0. The smallest absolute Gasteiger partial charge is 0.319 e. The molecule has 1 atom stereocenters. The Kier molecular flexibility index (Phi) is 4.21. The van der Waals surface area contributed by atoms with Crippen molar-refractivity contribution in [1.82, 2.24) is 20.6 Å². The van der Waals surface area contributed by atoms with Crippen LogP contribution in [0.3, 0.4) is 0 Å². The molecule has 2 amide bonds. The molecule has 0 fully saturated rings. The van der Waals surface area contributed by atoms with Crippen LogP contribution in [0.2, 0.25) is 0 Å². The van der Waals surface area contributed by atoms with Gasteiger partial charge in [0.2, 0.25) is 5.78 Å². The Labute approximate surface area is 141 Å². The van der Waals surface area contributed by atoms with Crippen molar-refractivity contribution in [2.45, 2.75) is 13.0 Å². The van der Waals surface area contributed by atoms with E-state index in [1.54, 1.807) is 6.92 Å². The number of Topliss-reactive ketones (excluding diaryl/α,β-unsaturated/α-hetero) is 1. The Morgan fingerprint density at radius 2 is 1.96 bits per heavy atom. The lowest BCUT2D eigenvalue weighted by molar-refractivity contribution is -0.384. The number of carbonyl (C=O) groups is 2. The zero-order valence-corrected chi connectivity index (χ0v) is 13.1. The summed E-state index contributed by atoms with van der Waals surface area (Å²) in [5.41, 5.74) is 1.30. The summed E-state index contributed by atoms with van der Waals surface area (Å²) in [6.45, 7) is 1.61. The maximum atomic E-state index is 12.8. The van der Waals surface area contributed by atoms with Gasteiger partial charge in [-0.3, -0.25) is 19.9 Å². The molecule has 1 aromatic carbocycles. The summed E-state index contributed by atoms with van der Waals surface area (Å²) in [6.07, 6.45) is 4.19. The lowest BCUT2D eigenvalue weighted by atomic mass is 9.91. The van der Waals surface area contributed by atoms with E-state index in [4.69, 9.17) is 0 Å². The molecule has 1 aromatic heterocycles. The van der Waals surface area contributed by atoms with Crippen LogP contribution in [-0.2, 0) is 0 Å². The van der Waals surface area contributed by atoms with Gasteiger partial charge in [-0.25, -0.2) is 9.78 Å². The highest BCUT2D eigenvalue weighted by Crippen LogP contribution is 2.29. The van der Waals surface area contributed by atoms with E-state index in [1.165, 1.54) is 42.9 Å². The number of nitrogens with one attached hydrogen (secondary N) is 2. The lowest BCUT2D eigenvalue weighted by Gasteiger charge is -2.28. The fraction of sp³-hybridized carbons (Fsp3) is 0.125. The van der Waals surface area contributed by atoms with Gasteiger partial charge in [-0.1, -0.05) is 0 Å². The monoisotopic (exact) mass is 339 g/mol. The number of aromatic nitrogens is 2. The van der Waals surface area contributed by atoms with Gasteiger partial charge in [0.05, 0.1) is 17.2 Å². The first-order valence-corrected chi connectivity index (χ1v) is 7.30. The average molecular weight is 339 g/mol. The first-order valence-electron chi connectivity index (χ1n) is 7.30. The second kappa shape index (κ2) is 6.48. The van der Waals surface area contributed by atoms with Gasteiger partial charge >= 0.3 is 6.03 Å². The first kappa shape index (κ1) is 16.2. The molecule has 9 nitrogen and oxygen atoms in total. The maximum absolute atomic E-state index is 12.8. The van der Waals surface area contributed by atoms with Crippen molar-refractivity contribution in [3.63, 3.8) is 0 Å². The molecule has 2 heterocycles. The highest BCUT2D eigenvalue weighted by atomic mass is 16.6. The summed E-state index contributed by atoms with van der Waals surface area (Å²) in [4.78, 5) is 42.8. The standard InChI is InChI=1S/C16H13N5O4/c1-9-13(15(22)12-8-17-6-7-18-12)14(20-16(23)19-9)10-2-4-11(5-3-10)21(24)25/h2-8,14H,1H3,(H2,19,20,23). The van der Waals surface area contributed by atoms with Gasteiger partial charge in [-0.2, -0.15) is 0 Å². The van der Waals surface area contributed by atoms with Crippen molar-refractivity contribution in [3.05, 3.63) is 75.5 Å². The van der Waals surface area contributed by atoms with Crippen molar-refractivity contribution in [2.75, 3.05) is 0 Å². The lowest BCUT2D eigenvalue weighted by Crippen LogP contribution is -2.45. The van der Waals surface area contributed by atoms with Crippen LogP contribution in [0.1, 0.15) is 29.0 Å². The number of ketones is 1. The molecule has 1 aliphatic heterocycles. The van der Waals surface area contributed by atoms with Crippen LogP contribution in [0, 0.1) is 10.1 Å². The third-order valence-electron chi connectivity index (χ3n) is 3.75. The Morgan fingerprint density at radius 1 is 1.24 bits per heavy atom. The first-order chi connectivity index (χ1) is 12.0. The number of rotatable bonds is 4. The fourth-order valence-electron chi connectivity index (χ4n) is 2.59. The Morgan fingerprint density at radius 3 is 2.56 bits per heavy atom. The van der Waals surface area contributed by atoms with Gasteiger partial charge in [-0.15, -0.1) is 0 Å². The van der Waals surface area contributed by atoms with Crippen molar-refractivity contribution in [3.8, 4) is 0 Å². The number of nitro benzene ring substituents is 1. The minimum absolute atomic E-state index is 0.0773. The van der Waals surface area contributed by atoms with Crippen LogP contribution in [0.15, 0.2) is 54.1 Å². The molecule has 0 bridgehead atoms. The summed E-state index contributed by atoms with van der Waals surface area (Å²) in [5.74, 6) is -0.388. The average Bonchev–Trinajstić information content (AvgIpc) is 2.61. The molecule has 9 heteroatoms. The van der Waals surface area contributed by atoms with Gasteiger partial charge in [0.1, 0.15) is 5.69 Å². The molecule has 0 saturated carbocycles. The topological polar surface area (TPSA) is 127 Å². The zero-order chi connectivity index (χ0) is 18.0. The minimum atomic E-state index is -0.746. The van der Waals surface area contributed by atoms with Gasteiger partial charge in [0.15, 0.2) is 0 Å². The molecule has 2 N–H and O–H groups in total. The Bertz CT molecular complexity index is 877. The van der Waals surface area contributed by atoms with E-state index in [2.05, 4.69) is 20.6 Å². The molecular weight excluding hydrogens is 326 g/mol. The molecule has 126 valence electrons. The van der Waals surface area contributed by atoms with E-state index in [0.29, 0.717) is 16.8 Å². The van der Waals surface area contributed by atoms with E-state index in [0.717, 1.165) is 0 Å². The van der Waals surface area contributed by atoms with E-state index in [9.17, 15) is 19.7 Å². The minimum Gasteiger partial charge on any atom is -0.327 e. The highest BCUT2D eigenvalue weighted by Gasteiger charge is 2.32. The summed E-state index contributed by atoms with van der Waals surface area (Å²) in [6, 6.07) is 4.45. The summed E-state index contributed by atoms with van der Waals surface area (Å²) in [7, 11) is 0. The normalized spacial score (nSPS) is 16.8. The number of urea groups is 1. The quantitative estimate of drug-likeness (QED) is 0.497. The van der Waals surface area contributed by atoms with Crippen molar-refractivity contribution in [1.29, 1.82) is 0 Å². The number of hydrogen-bond donors (Lipinski definition) is 2. The maximum Gasteiger partial charge on any atom is 0.319 e.